The van der Waals surface area contributed by atoms with Gasteiger partial charge in [-0.05, 0) is 128 Å². The second-order valence-electron chi connectivity index (χ2n) is 28.4. The van der Waals surface area contributed by atoms with Crippen molar-refractivity contribution in [2.45, 2.75) is 251 Å². The summed E-state index contributed by atoms with van der Waals surface area (Å²) in [7, 11) is 8.63. The van der Waals surface area contributed by atoms with Crippen molar-refractivity contribution in [2.75, 3.05) is 55.4 Å². The molecule has 2 saturated carbocycles. The van der Waals surface area contributed by atoms with E-state index in [-0.39, 0.29) is 94.4 Å². The van der Waals surface area contributed by atoms with Crippen LogP contribution in [0.2, 0.25) is 0 Å². The molecule has 0 aromatic rings. The van der Waals surface area contributed by atoms with Crippen LogP contribution in [-0.4, -0.2) is 226 Å². The Hall–Kier alpha value is -5.75. The standard InChI is InChI=1S/C65H109ClF3N11O11/c1-19-39(7)54-62(90)77(16)42(10)57(85)80-29-28-50(80)61(89)78(17)51(34-44-22-20-38(6)21-23-44)60(88)74(13)35-52(81)70-47(27-25-43-24-26-45(46(66)33-43)65(67,68)69)56(84)71-49(31-37(4)5)59(87)79(18)64(11,12)63(91)72-48(30-36(2)3)58(86)75(14)40(8)32-53(82)76(15)41(9)55(83)73-54/h36-51,54H,19-35H2,1-18H3,(H,70,81)(H,71,84)(H,72,91)(H,73,83)/t38?,39-,40+,41-,42-,43?,44?,45?,46?,47-,48-,49-,50-,51-,54-/m0/s1. The zero-order valence-corrected chi connectivity index (χ0v) is 58.2. The van der Waals surface area contributed by atoms with Crippen LogP contribution in [-0.2, 0) is 52.7 Å². The number of likely N-dealkylation sites (N-methyl/N-ethyl adjacent to an activating group) is 6. The number of amides is 11. The number of rotatable bonds is 11. The minimum Gasteiger partial charge on any atom is -0.343 e. The van der Waals surface area contributed by atoms with Crippen molar-refractivity contribution in [3.05, 3.63) is 0 Å². The van der Waals surface area contributed by atoms with E-state index in [0.717, 1.165) is 35.5 Å². The highest BCUT2D eigenvalue weighted by Crippen LogP contribution is 2.44. The molecule has 4 aliphatic rings. The Kier molecular flexibility index (Phi) is 28.5. The van der Waals surface area contributed by atoms with Gasteiger partial charge in [-0.1, -0.05) is 80.6 Å². The van der Waals surface area contributed by atoms with E-state index in [1.807, 2.05) is 34.6 Å². The van der Waals surface area contributed by atoms with Gasteiger partial charge in [0.25, 0.3) is 0 Å². The number of hydrogen-bond acceptors (Lipinski definition) is 11. The summed E-state index contributed by atoms with van der Waals surface area (Å²) in [4.78, 5) is 168. The van der Waals surface area contributed by atoms with E-state index in [4.69, 9.17) is 11.6 Å². The number of carbonyl (C=O) groups excluding carboxylic acids is 11. The largest absolute Gasteiger partial charge is 0.393 e. The van der Waals surface area contributed by atoms with Crippen molar-refractivity contribution in [1.82, 2.24) is 55.6 Å². The normalized spacial score (nSPS) is 31.9. The molecule has 0 spiro atoms. The lowest BCUT2D eigenvalue weighted by Crippen LogP contribution is -2.65. The van der Waals surface area contributed by atoms with Gasteiger partial charge in [0.15, 0.2) is 0 Å². The highest BCUT2D eigenvalue weighted by molar-refractivity contribution is 6.20. The summed E-state index contributed by atoms with van der Waals surface area (Å²) in [5.41, 5.74) is -1.67. The molecule has 2 aliphatic heterocycles. The third-order valence-electron chi connectivity index (χ3n) is 20.2. The predicted molar refractivity (Wildman–Crippen MR) is 340 cm³/mol. The van der Waals surface area contributed by atoms with E-state index in [2.05, 4.69) is 28.2 Å². The lowest BCUT2D eigenvalue weighted by Gasteiger charge is -2.45. The summed E-state index contributed by atoms with van der Waals surface area (Å²) in [5.74, 6) is -9.33. The molecule has 2 saturated heterocycles. The van der Waals surface area contributed by atoms with Gasteiger partial charge in [0, 0.05) is 66.7 Å². The van der Waals surface area contributed by atoms with Crippen LogP contribution in [0.1, 0.15) is 179 Å². The Morgan fingerprint density at radius 3 is 1.69 bits per heavy atom. The Morgan fingerprint density at radius 1 is 0.593 bits per heavy atom. The SMILES string of the molecule is CC[C@H](C)[C@@H]1NC(=O)[C@H](C)N(C)C(=O)C[C@@H](C)N(C)C(=O)[C@H](CC(C)C)NC(=O)C(C)(C)N(C)C(=O)[C@H](CC(C)C)NC(=O)[C@H](CCC2CCC(C(F)(F)F)C(Cl)C2)NC(=O)CN(C)C(=O)[C@H](CC2CCC(C)CC2)N(C)C(=O)[C@@H]2CCN2C(=O)[C@H](C)N(C)C1=O. The molecule has 3 unspecified atom stereocenters. The molecule has 2 heterocycles. The van der Waals surface area contributed by atoms with Gasteiger partial charge in [-0.25, -0.2) is 0 Å². The molecule has 4 N–H and O–H groups in total. The summed E-state index contributed by atoms with van der Waals surface area (Å²) in [6.07, 6.45) is -0.247. The monoisotopic (exact) mass is 1310 g/mol. The first kappa shape index (κ1) is 77.7. The molecule has 26 heteroatoms. The van der Waals surface area contributed by atoms with Crippen molar-refractivity contribution in [3.63, 3.8) is 0 Å². The first-order valence-corrected chi connectivity index (χ1v) is 33.4. The zero-order valence-electron chi connectivity index (χ0n) is 57.5. The van der Waals surface area contributed by atoms with Gasteiger partial charge in [0.1, 0.15) is 53.9 Å². The molecule has 518 valence electrons. The van der Waals surface area contributed by atoms with Crippen LogP contribution in [0.5, 0.6) is 0 Å². The van der Waals surface area contributed by atoms with Crippen molar-refractivity contribution in [3.8, 4) is 0 Å². The van der Waals surface area contributed by atoms with E-state index in [0.29, 0.717) is 12.3 Å². The molecule has 22 nitrogen and oxygen atoms in total. The topological polar surface area (TPSA) is 259 Å². The summed E-state index contributed by atoms with van der Waals surface area (Å²) in [5, 5.41) is 10.0. The first-order chi connectivity index (χ1) is 42.2. The maximum absolute atomic E-state index is 14.9. The van der Waals surface area contributed by atoms with Gasteiger partial charge in [-0.3, -0.25) is 52.7 Å². The minimum atomic E-state index is -4.50. The molecule has 0 aromatic heterocycles. The average Bonchev–Trinajstić information content (AvgIpc) is 0.906. The van der Waals surface area contributed by atoms with Gasteiger partial charge in [-0.2, -0.15) is 13.2 Å². The summed E-state index contributed by atoms with van der Waals surface area (Å²) in [6.45, 7) is 20.3. The molecule has 13 atom stereocenters. The number of nitrogens with zero attached hydrogens (tertiary/aromatic N) is 7. The molecule has 91 heavy (non-hydrogen) atoms. The fourth-order valence-corrected chi connectivity index (χ4v) is 13.2. The summed E-state index contributed by atoms with van der Waals surface area (Å²) in [6, 6.07) is -10.1. The highest BCUT2D eigenvalue weighted by Gasteiger charge is 2.49. The molecule has 0 radical (unpaired) electrons. The number of carbonyl (C=O) groups is 11. The summed E-state index contributed by atoms with van der Waals surface area (Å²) >= 11 is 6.35. The van der Waals surface area contributed by atoms with Gasteiger partial charge in [0.05, 0.1) is 12.5 Å². The predicted octanol–water partition coefficient (Wildman–Crippen LogP) is 5.71. The first-order valence-electron chi connectivity index (χ1n) is 33.0. The Balaban J connectivity index is 1.80. The minimum absolute atomic E-state index is 0.00699. The van der Waals surface area contributed by atoms with E-state index in [9.17, 15) is 65.9 Å². The molecule has 2 aliphatic carbocycles. The second kappa shape index (κ2) is 33.4. The van der Waals surface area contributed by atoms with E-state index in [1.165, 1.54) is 94.5 Å². The zero-order chi connectivity index (χ0) is 69.1. The molecular weight excluding hydrogens is 1200 g/mol. The highest BCUT2D eigenvalue weighted by atomic mass is 35.5. The van der Waals surface area contributed by atoms with Crippen LogP contribution in [0, 0.1) is 41.4 Å². The van der Waals surface area contributed by atoms with Crippen LogP contribution in [0.3, 0.4) is 0 Å². The van der Waals surface area contributed by atoms with Crippen molar-refractivity contribution in [1.29, 1.82) is 0 Å². The van der Waals surface area contributed by atoms with Crippen LogP contribution in [0.4, 0.5) is 13.2 Å². The summed E-state index contributed by atoms with van der Waals surface area (Å²) < 4.78 is 41.7. The number of alkyl halides is 4. The molecular formula is C65H109ClF3N11O11. The molecule has 0 aromatic carbocycles. The molecule has 11 amide bonds. The second-order valence-corrected chi connectivity index (χ2v) is 28.9. The smallest absolute Gasteiger partial charge is 0.343 e. The molecule has 4 rings (SSSR count). The van der Waals surface area contributed by atoms with Gasteiger partial charge < -0.3 is 55.6 Å². The van der Waals surface area contributed by atoms with Crippen molar-refractivity contribution in [2.24, 2.45) is 41.4 Å². The maximum atomic E-state index is 14.9. The molecule has 4 fully saturated rings. The average molecular weight is 1310 g/mol. The van der Waals surface area contributed by atoms with Gasteiger partial charge >= 0.3 is 6.18 Å². The number of fused-ring (bicyclic) bond motifs is 1. The number of nitrogens with one attached hydrogen (secondary N) is 4. The number of hydrogen-bond donors (Lipinski definition) is 4. The lowest BCUT2D eigenvalue weighted by molar-refractivity contribution is -0.182. The Morgan fingerprint density at radius 2 is 1.16 bits per heavy atom. The van der Waals surface area contributed by atoms with Crippen LogP contribution < -0.4 is 21.3 Å². The lowest BCUT2D eigenvalue weighted by atomic mass is 9.78. The van der Waals surface area contributed by atoms with Crippen LogP contribution in [0.25, 0.3) is 0 Å². The van der Waals surface area contributed by atoms with Crippen molar-refractivity contribution >= 4 is 76.6 Å². The van der Waals surface area contributed by atoms with E-state index < -0.39 is 155 Å². The third-order valence-corrected chi connectivity index (χ3v) is 20.7. The molecule has 0 bridgehead atoms. The van der Waals surface area contributed by atoms with E-state index >= 15 is 0 Å². The van der Waals surface area contributed by atoms with E-state index in [1.54, 1.807) is 13.8 Å². The third kappa shape index (κ3) is 20.4. The van der Waals surface area contributed by atoms with Gasteiger partial charge in [0.2, 0.25) is 65.0 Å². The number of halogens is 4. The fourth-order valence-electron chi connectivity index (χ4n) is 12.7. The Labute approximate surface area is 543 Å². The van der Waals surface area contributed by atoms with Gasteiger partial charge in [-0.15, -0.1) is 11.6 Å². The van der Waals surface area contributed by atoms with Crippen LogP contribution in [0.15, 0.2) is 0 Å². The quantitative estimate of drug-likeness (QED) is 0.182. The van der Waals surface area contributed by atoms with Crippen molar-refractivity contribution < 1.29 is 65.9 Å². The van der Waals surface area contributed by atoms with Crippen LogP contribution >= 0.6 is 11.6 Å². The fraction of sp³-hybridized carbons (Fsp3) is 0.831. The Bertz CT molecular complexity index is 2590. The maximum Gasteiger partial charge on any atom is 0.393 e.